The molecular weight excluding hydrogens is 372 g/mol. The van der Waals surface area contributed by atoms with Gasteiger partial charge >= 0.3 is 0 Å². The van der Waals surface area contributed by atoms with Crippen LogP contribution in [-0.4, -0.2) is 36.7 Å². The molecule has 150 valence electrons. The fraction of sp³-hybridized carbons (Fsp3) is 0.190. The number of benzene rings is 2. The second kappa shape index (κ2) is 9.41. The van der Waals surface area contributed by atoms with Gasteiger partial charge in [-0.05, 0) is 43.3 Å². The minimum Gasteiger partial charge on any atom is -0.494 e. The molecule has 29 heavy (non-hydrogen) atoms. The van der Waals surface area contributed by atoms with Gasteiger partial charge in [-0.15, -0.1) is 0 Å². The third kappa shape index (κ3) is 5.13. The van der Waals surface area contributed by atoms with E-state index in [2.05, 4.69) is 20.6 Å². The van der Waals surface area contributed by atoms with Crippen LogP contribution >= 0.6 is 0 Å². The molecule has 8 heteroatoms. The fourth-order valence-corrected chi connectivity index (χ4v) is 2.61. The van der Waals surface area contributed by atoms with Crippen molar-refractivity contribution >= 4 is 23.1 Å². The molecule has 0 saturated heterocycles. The number of anilines is 3. The molecular formula is C21H22N4O4. The highest BCUT2D eigenvalue weighted by molar-refractivity contribution is 6.03. The number of aromatic nitrogens is 2. The number of carbonyl (C=O) groups is 1. The molecule has 0 aliphatic rings. The molecule has 3 aromatic rings. The molecule has 0 spiro atoms. The first-order valence-electron chi connectivity index (χ1n) is 8.98. The molecule has 3 rings (SSSR count). The zero-order valence-electron chi connectivity index (χ0n) is 16.4. The number of nitrogens with one attached hydrogen (secondary N) is 2. The van der Waals surface area contributed by atoms with Crippen LogP contribution in [0.5, 0.6) is 17.2 Å². The fourth-order valence-electron chi connectivity index (χ4n) is 2.61. The van der Waals surface area contributed by atoms with Crippen LogP contribution in [0.25, 0.3) is 0 Å². The van der Waals surface area contributed by atoms with Gasteiger partial charge in [-0.3, -0.25) is 4.79 Å². The van der Waals surface area contributed by atoms with Crippen molar-refractivity contribution in [2.45, 2.75) is 6.92 Å². The molecule has 2 N–H and O–H groups in total. The monoisotopic (exact) mass is 394 g/mol. The number of hydrogen-bond donors (Lipinski definition) is 2. The second-order valence-electron chi connectivity index (χ2n) is 5.89. The first-order valence-corrected chi connectivity index (χ1v) is 8.98. The first kappa shape index (κ1) is 19.9. The van der Waals surface area contributed by atoms with Crippen molar-refractivity contribution in [1.82, 2.24) is 9.97 Å². The van der Waals surface area contributed by atoms with Crippen LogP contribution in [0, 0.1) is 0 Å². The maximum atomic E-state index is 12.6. The average Bonchev–Trinajstić information content (AvgIpc) is 2.75. The van der Waals surface area contributed by atoms with Gasteiger partial charge in [0.25, 0.3) is 5.91 Å². The van der Waals surface area contributed by atoms with Gasteiger partial charge in [0.15, 0.2) is 11.5 Å². The van der Waals surface area contributed by atoms with Crippen molar-refractivity contribution in [2.24, 2.45) is 0 Å². The Bertz CT molecular complexity index is 977. The molecule has 1 amide bonds. The Morgan fingerprint density at radius 1 is 0.931 bits per heavy atom. The number of hydrogen-bond acceptors (Lipinski definition) is 7. The maximum absolute atomic E-state index is 12.6. The highest BCUT2D eigenvalue weighted by Crippen LogP contribution is 2.30. The van der Waals surface area contributed by atoms with Gasteiger partial charge in [0.2, 0.25) is 0 Å². The van der Waals surface area contributed by atoms with E-state index in [4.69, 9.17) is 14.2 Å². The van der Waals surface area contributed by atoms with E-state index in [9.17, 15) is 4.79 Å². The van der Waals surface area contributed by atoms with Crippen LogP contribution in [0.4, 0.5) is 17.2 Å². The highest BCUT2D eigenvalue weighted by atomic mass is 16.5. The molecule has 0 radical (unpaired) electrons. The van der Waals surface area contributed by atoms with Crippen LogP contribution < -0.4 is 24.8 Å². The van der Waals surface area contributed by atoms with E-state index in [1.165, 1.54) is 13.4 Å². The summed E-state index contributed by atoms with van der Waals surface area (Å²) in [4.78, 5) is 20.8. The Kier molecular flexibility index (Phi) is 6.47. The van der Waals surface area contributed by atoms with Crippen molar-refractivity contribution in [3.05, 3.63) is 60.6 Å². The lowest BCUT2D eigenvalue weighted by molar-refractivity contribution is 0.102. The summed E-state index contributed by atoms with van der Waals surface area (Å²) >= 11 is 0. The molecule has 1 heterocycles. The number of ether oxygens (including phenoxy) is 3. The molecule has 2 aromatic carbocycles. The molecule has 0 aliphatic carbocycles. The summed E-state index contributed by atoms with van der Waals surface area (Å²) in [5.41, 5.74) is 1.61. The highest BCUT2D eigenvalue weighted by Gasteiger charge is 2.12. The summed E-state index contributed by atoms with van der Waals surface area (Å²) < 4.78 is 15.9. The number of methoxy groups -OCH3 is 2. The quantitative estimate of drug-likeness (QED) is 0.598. The maximum Gasteiger partial charge on any atom is 0.274 e. The molecule has 0 atom stereocenters. The SMILES string of the molecule is CCOc1ccc(Nc2cc(C(=O)Nc3ccc(OC)c(OC)c3)ncn2)cc1. The van der Waals surface area contributed by atoms with Crippen LogP contribution in [0.3, 0.4) is 0 Å². The van der Waals surface area contributed by atoms with Gasteiger partial charge in [-0.25, -0.2) is 9.97 Å². The average molecular weight is 394 g/mol. The Hall–Kier alpha value is -3.81. The Labute approximate surface area is 168 Å². The number of nitrogens with zero attached hydrogens (tertiary/aromatic N) is 2. The summed E-state index contributed by atoms with van der Waals surface area (Å²) in [7, 11) is 3.09. The standard InChI is InChI=1S/C21H22N4O4/c1-4-29-16-8-5-14(6-9-16)24-20-12-17(22-13-23-20)21(26)25-15-7-10-18(27-2)19(11-15)28-3/h5-13H,4H2,1-3H3,(H,25,26)(H,22,23,24). The van der Waals surface area contributed by atoms with Crippen LogP contribution in [0.1, 0.15) is 17.4 Å². The summed E-state index contributed by atoms with van der Waals surface area (Å²) in [5, 5.41) is 5.93. The predicted octanol–water partition coefficient (Wildman–Crippen LogP) is 3.89. The lowest BCUT2D eigenvalue weighted by atomic mass is 10.2. The third-order valence-corrected chi connectivity index (χ3v) is 3.98. The number of carbonyl (C=O) groups excluding carboxylic acids is 1. The third-order valence-electron chi connectivity index (χ3n) is 3.98. The topological polar surface area (TPSA) is 94.6 Å². The first-order chi connectivity index (χ1) is 14.1. The van der Waals surface area contributed by atoms with Gasteiger partial charge in [-0.2, -0.15) is 0 Å². The van der Waals surface area contributed by atoms with Crippen molar-refractivity contribution in [3.63, 3.8) is 0 Å². The summed E-state index contributed by atoms with van der Waals surface area (Å²) in [5.74, 6) is 2.02. The molecule has 0 saturated carbocycles. The van der Waals surface area contributed by atoms with Gasteiger partial charge < -0.3 is 24.8 Å². The van der Waals surface area contributed by atoms with Crippen molar-refractivity contribution < 1.29 is 19.0 Å². The largest absolute Gasteiger partial charge is 0.494 e. The molecule has 0 bridgehead atoms. The van der Waals surface area contributed by atoms with E-state index in [1.807, 2.05) is 31.2 Å². The Morgan fingerprint density at radius 2 is 1.66 bits per heavy atom. The van der Waals surface area contributed by atoms with Gasteiger partial charge in [0.1, 0.15) is 23.6 Å². The zero-order chi connectivity index (χ0) is 20.6. The summed E-state index contributed by atoms with van der Waals surface area (Å²) in [6.07, 6.45) is 1.33. The van der Waals surface area contributed by atoms with Crippen LogP contribution in [0.2, 0.25) is 0 Å². The number of amides is 1. The lowest BCUT2D eigenvalue weighted by Crippen LogP contribution is -2.14. The van der Waals surface area contributed by atoms with Crippen LogP contribution in [0.15, 0.2) is 54.9 Å². The molecule has 8 nitrogen and oxygen atoms in total. The molecule has 0 fully saturated rings. The molecule has 0 unspecified atom stereocenters. The van der Waals surface area contributed by atoms with Gasteiger partial charge in [0, 0.05) is 23.5 Å². The minimum atomic E-state index is -0.366. The van der Waals surface area contributed by atoms with Crippen LogP contribution in [-0.2, 0) is 0 Å². The Morgan fingerprint density at radius 3 is 2.34 bits per heavy atom. The normalized spacial score (nSPS) is 10.2. The number of rotatable bonds is 8. The lowest BCUT2D eigenvalue weighted by Gasteiger charge is -2.11. The van der Waals surface area contributed by atoms with E-state index < -0.39 is 0 Å². The summed E-state index contributed by atoms with van der Waals surface area (Å²) in [6, 6.07) is 14.2. The van der Waals surface area contributed by atoms with E-state index in [-0.39, 0.29) is 11.6 Å². The van der Waals surface area contributed by atoms with E-state index in [1.54, 1.807) is 31.4 Å². The van der Waals surface area contributed by atoms with E-state index in [0.717, 1.165) is 11.4 Å². The van der Waals surface area contributed by atoms with Crippen molar-refractivity contribution in [2.75, 3.05) is 31.5 Å². The molecule has 1 aromatic heterocycles. The smallest absolute Gasteiger partial charge is 0.274 e. The summed E-state index contributed by atoms with van der Waals surface area (Å²) in [6.45, 7) is 2.54. The minimum absolute atomic E-state index is 0.225. The predicted molar refractivity (Wildman–Crippen MR) is 110 cm³/mol. The Balaban J connectivity index is 1.70. The van der Waals surface area contributed by atoms with Crippen molar-refractivity contribution in [1.29, 1.82) is 0 Å². The molecule has 0 aliphatic heterocycles. The van der Waals surface area contributed by atoms with E-state index in [0.29, 0.717) is 29.6 Å². The van der Waals surface area contributed by atoms with Gasteiger partial charge in [0.05, 0.1) is 20.8 Å². The van der Waals surface area contributed by atoms with Gasteiger partial charge in [-0.1, -0.05) is 0 Å². The zero-order valence-corrected chi connectivity index (χ0v) is 16.4. The second-order valence-corrected chi connectivity index (χ2v) is 5.89. The van der Waals surface area contributed by atoms with Crippen molar-refractivity contribution in [3.8, 4) is 17.2 Å². The van der Waals surface area contributed by atoms with E-state index >= 15 is 0 Å².